The van der Waals surface area contributed by atoms with E-state index in [0.29, 0.717) is 5.75 Å². The van der Waals surface area contributed by atoms with Crippen molar-refractivity contribution in [2.45, 2.75) is 18.2 Å². The topological polar surface area (TPSA) is 43.8 Å². The Morgan fingerprint density at radius 2 is 1.85 bits per heavy atom. The van der Waals surface area contributed by atoms with Crippen molar-refractivity contribution in [3.63, 3.8) is 0 Å². The van der Waals surface area contributed by atoms with Crippen LogP contribution in [-0.4, -0.2) is 54.5 Å². The van der Waals surface area contributed by atoms with Crippen LogP contribution in [0.3, 0.4) is 0 Å². The number of carboxylic acids is 1. The van der Waals surface area contributed by atoms with Crippen molar-refractivity contribution in [3.05, 3.63) is 24.3 Å². The molecule has 1 aromatic carbocycles. The van der Waals surface area contributed by atoms with Crippen LogP contribution in [0.5, 0.6) is 0 Å². The molecule has 0 unspecified atom stereocenters. The summed E-state index contributed by atoms with van der Waals surface area (Å²) in [5, 5.41) is 8.62. The average molecular weight is 294 g/mol. The lowest BCUT2D eigenvalue weighted by atomic mass is 10.2. The van der Waals surface area contributed by atoms with Crippen LogP contribution in [0.2, 0.25) is 0 Å². The summed E-state index contributed by atoms with van der Waals surface area (Å²) in [6.45, 7) is 7.77. The van der Waals surface area contributed by atoms with Gasteiger partial charge in [-0.15, -0.1) is 11.8 Å². The first-order valence-corrected chi connectivity index (χ1v) is 8.09. The minimum Gasteiger partial charge on any atom is -0.481 e. The van der Waals surface area contributed by atoms with Gasteiger partial charge in [0.2, 0.25) is 0 Å². The van der Waals surface area contributed by atoms with Crippen molar-refractivity contribution >= 4 is 23.4 Å². The summed E-state index contributed by atoms with van der Waals surface area (Å²) < 4.78 is 0. The lowest BCUT2D eigenvalue weighted by Crippen LogP contribution is -2.46. The molecule has 4 nitrogen and oxygen atoms in total. The highest BCUT2D eigenvalue weighted by Crippen LogP contribution is 2.23. The molecule has 0 aliphatic carbocycles. The van der Waals surface area contributed by atoms with E-state index in [-0.39, 0.29) is 6.42 Å². The molecule has 1 aromatic rings. The fourth-order valence-electron chi connectivity index (χ4n) is 2.33. The molecule has 110 valence electrons. The number of hydrogen-bond acceptors (Lipinski definition) is 4. The van der Waals surface area contributed by atoms with Crippen LogP contribution in [0, 0.1) is 0 Å². The summed E-state index contributed by atoms with van der Waals surface area (Å²) in [6, 6.07) is 8.47. The quantitative estimate of drug-likeness (QED) is 0.816. The molecule has 0 atom stereocenters. The summed E-state index contributed by atoms with van der Waals surface area (Å²) in [7, 11) is 0. The van der Waals surface area contributed by atoms with Crippen LogP contribution in [0.4, 0.5) is 5.69 Å². The number of hydrogen-bond donors (Lipinski definition) is 1. The Hall–Kier alpha value is -1.20. The summed E-state index contributed by atoms with van der Waals surface area (Å²) in [6.07, 6.45) is 0.214. The Labute approximate surface area is 124 Å². The van der Waals surface area contributed by atoms with Crippen LogP contribution in [0.1, 0.15) is 13.3 Å². The number of aliphatic carboxylic acids is 1. The van der Waals surface area contributed by atoms with Gasteiger partial charge in [0.1, 0.15) is 0 Å². The fourth-order valence-corrected chi connectivity index (χ4v) is 3.17. The first kappa shape index (κ1) is 15.2. The van der Waals surface area contributed by atoms with E-state index in [9.17, 15) is 4.79 Å². The number of piperazine rings is 1. The Kier molecular flexibility index (Phi) is 5.73. The molecule has 0 bridgehead atoms. The Morgan fingerprint density at radius 3 is 2.40 bits per heavy atom. The number of carbonyl (C=O) groups is 1. The smallest absolute Gasteiger partial charge is 0.304 e. The summed E-state index contributed by atoms with van der Waals surface area (Å²) in [5.41, 5.74) is 1.27. The number of carboxylic acid groups (broad SMARTS) is 1. The maximum Gasteiger partial charge on any atom is 0.304 e. The van der Waals surface area contributed by atoms with E-state index in [1.165, 1.54) is 5.69 Å². The van der Waals surface area contributed by atoms with Crippen molar-refractivity contribution in [2.75, 3.05) is 43.4 Å². The molecule has 1 saturated heterocycles. The maximum atomic E-state index is 10.5. The number of likely N-dealkylation sites (N-methyl/N-ethyl adjacent to an activating group) is 1. The molecule has 0 saturated carbocycles. The number of thioether (sulfide) groups is 1. The fraction of sp³-hybridized carbons (Fsp3) is 0.533. The van der Waals surface area contributed by atoms with Gasteiger partial charge in [-0.2, -0.15) is 0 Å². The second-order valence-corrected chi connectivity index (χ2v) is 6.08. The zero-order valence-corrected chi connectivity index (χ0v) is 12.7. The average Bonchev–Trinajstić information content (AvgIpc) is 2.48. The number of rotatable bonds is 6. The second kappa shape index (κ2) is 7.55. The third-order valence-corrected chi connectivity index (χ3v) is 4.62. The van der Waals surface area contributed by atoms with Gasteiger partial charge in [0, 0.05) is 42.5 Å². The lowest BCUT2D eigenvalue weighted by Gasteiger charge is -2.35. The van der Waals surface area contributed by atoms with Gasteiger partial charge in [-0.3, -0.25) is 4.79 Å². The van der Waals surface area contributed by atoms with Crippen LogP contribution in [0.25, 0.3) is 0 Å². The van der Waals surface area contributed by atoms with Gasteiger partial charge in [-0.25, -0.2) is 0 Å². The Morgan fingerprint density at radius 1 is 1.20 bits per heavy atom. The zero-order valence-electron chi connectivity index (χ0n) is 11.9. The first-order valence-electron chi connectivity index (χ1n) is 7.11. The molecule has 1 aliphatic heterocycles. The van der Waals surface area contributed by atoms with Gasteiger partial charge in [0.15, 0.2) is 0 Å². The van der Waals surface area contributed by atoms with Gasteiger partial charge >= 0.3 is 5.97 Å². The van der Waals surface area contributed by atoms with E-state index in [4.69, 9.17) is 5.11 Å². The van der Waals surface area contributed by atoms with E-state index in [0.717, 1.165) is 37.6 Å². The SMILES string of the molecule is CCN1CCN(c2ccc(SCCC(=O)O)cc2)CC1. The van der Waals surface area contributed by atoms with Crippen LogP contribution in [-0.2, 0) is 4.79 Å². The molecule has 1 aliphatic rings. The highest BCUT2D eigenvalue weighted by atomic mass is 32.2. The lowest BCUT2D eigenvalue weighted by molar-refractivity contribution is -0.136. The van der Waals surface area contributed by atoms with Crippen molar-refractivity contribution in [3.8, 4) is 0 Å². The number of benzene rings is 1. The second-order valence-electron chi connectivity index (χ2n) is 4.91. The van der Waals surface area contributed by atoms with Gasteiger partial charge < -0.3 is 14.9 Å². The van der Waals surface area contributed by atoms with Crippen molar-refractivity contribution in [1.82, 2.24) is 4.90 Å². The molecular weight excluding hydrogens is 272 g/mol. The maximum absolute atomic E-state index is 10.5. The van der Waals surface area contributed by atoms with Crippen molar-refractivity contribution < 1.29 is 9.90 Å². The number of anilines is 1. The van der Waals surface area contributed by atoms with Crippen LogP contribution >= 0.6 is 11.8 Å². The van der Waals surface area contributed by atoms with Gasteiger partial charge in [0.05, 0.1) is 6.42 Å². The third kappa shape index (κ3) is 4.42. The molecule has 0 spiro atoms. The Balaban J connectivity index is 1.83. The molecule has 2 rings (SSSR count). The molecule has 1 fully saturated rings. The molecule has 0 aromatic heterocycles. The molecule has 0 radical (unpaired) electrons. The zero-order chi connectivity index (χ0) is 14.4. The van der Waals surface area contributed by atoms with E-state index >= 15 is 0 Å². The Bertz CT molecular complexity index is 428. The monoisotopic (exact) mass is 294 g/mol. The van der Waals surface area contributed by atoms with E-state index in [1.54, 1.807) is 11.8 Å². The highest BCUT2D eigenvalue weighted by molar-refractivity contribution is 7.99. The predicted octanol–water partition coefficient (Wildman–Crippen LogP) is 2.40. The summed E-state index contributed by atoms with van der Waals surface area (Å²) >= 11 is 1.60. The first-order chi connectivity index (χ1) is 9.69. The van der Waals surface area contributed by atoms with Crippen molar-refractivity contribution in [2.24, 2.45) is 0 Å². The standard InChI is InChI=1S/C15H22N2O2S/c1-2-16-8-10-17(11-9-16)13-3-5-14(6-4-13)20-12-7-15(18)19/h3-6H,2,7-12H2,1H3,(H,18,19). The molecular formula is C15H22N2O2S. The normalized spacial score (nSPS) is 16.4. The molecule has 20 heavy (non-hydrogen) atoms. The van der Waals surface area contributed by atoms with E-state index < -0.39 is 5.97 Å². The molecule has 1 N–H and O–H groups in total. The predicted molar refractivity (Wildman–Crippen MR) is 83.7 cm³/mol. The van der Waals surface area contributed by atoms with Gasteiger partial charge in [-0.05, 0) is 30.8 Å². The molecule has 0 amide bonds. The van der Waals surface area contributed by atoms with Crippen molar-refractivity contribution in [1.29, 1.82) is 0 Å². The molecule has 1 heterocycles. The van der Waals surface area contributed by atoms with Crippen LogP contribution < -0.4 is 4.90 Å². The van der Waals surface area contributed by atoms with E-state index in [2.05, 4.69) is 41.0 Å². The molecule has 5 heteroatoms. The summed E-state index contributed by atoms with van der Waals surface area (Å²) in [4.78, 5) is 16.5. The van der Waals surface area contributed by atoms with Crippen LogP contribution in [0.15, 0.2) is 29.2 Å². The third-order valence-electron chi connectivity index (χ3n) is 3.61. The van der Waals surface area contributed by atoms with E-state index in [1.807, 2.05) is 0 Å². The minimum atomic E-state index is -0.733. The minimum absolute atomic E-state index is 0.214. The summed E-state index contributed by atoms with van der Waals surface area (Å²) in [5.74, 6) is -0.105. The van der Waals surface area contributed by atoms with Gasteiger partial charge in [0.25, 0.3) is 0 Å². The number of nitrogens with zero attached hydrogens (tertiary/aromatic N) is 2. The van der Waals surface area contributed by atoms with Gasteiger partial charge in [-0.1, -0.05) is 6.92 Å². The highest BCUT2D eigenvalue weighted by Gasteiger charge is 2.15. The largest absolute Gasteiger partial charge is 0.481 e.